The molecule has 1 aromatic rings. The van der Waals surface area contributed by atoms with Crippen molar-refractivity contribution in [2.75, 3.05) is 13.1 Å². The first kappa shape index (κ1) is 11.4. The lowest BCUT2D eigenvalue weighted by Crippen LogP contribution is -2.55. The Morgan fingerprint density at radius 2 is 2.38 bits per heavy atom. The highest BCUT2D eigenvalue weighted by molar-refractivity contribution is 5.25. The van der Waals surface area contributed by atoms with Crippen molar-refractivity contribution in [2.24, 2.45) is 0 Å². The summed E-state index contributed by atoms with van der Waals surface area (Å²) in [6.45, 7) is 6.97. The van der Waals surface area contributed by atoms with Gasteiger partial charge in [0.25, 0.3) is 0 Å². The van der Waals surface area contributed by atoms with E-state index in [1.54, 1.807) is 6.20 Å². The minimum Gasteiger partial charge on any atom is -0.475 e. The van der Waals surface area contributed by atoms with Gasteiger partial charge in [0.2, 0.25) is 5.88 Å². The van der Waals surface area contributed by atoms with Crippen molar-refractivity contribution < 1.29 is 4.74 Å². The minimum absolute atomic E-state index is 0.166. The fraction of sp³-hybridized carbons (Fsp3) is 0.583. The standard InChI is InChI=1S/C12H19N3O/c1-9(2)16-12-10(4-3-5-14-12)6-15-11-7-13-8-11/h3-5,9,11,13,15H,6-8H2,1-2H3. The van der Waals surface area contributed by atoms with Crippen molar-refractivity contribution in [3.8, 4) is 5.88 Å². The van der Waals surface area contributed by atoms with Gasteiger partial charge in [0.1, 0.15) is 0 Å². The van der Waals surface area contributed by atoms with E-state index < -0.39 is 0 Å². The summed E-state index contributed by atoms with van der Waals surface area (Å²) < 4.78 is 5.66. The average Bonchev–Trinajstić information content (AvgIpc) is 2.17. The minimum atomic E-state index is 0.166. The van der Waals surface area contributed by atoms with Gasteiger partial charge in [-0.15, -0.1) is 0 Å². The topological polar surface area (TPSA) is 46.2 Å². The van der Waals surface area contributed by atoms with Crippen LogP contribution in [0.15, 0.2) is 18.3 Å². The van der Waals surface area contributed by atoms with Crippen LogP contribution in [-0.2, 0) is 6.54 Å². The van der Waals surface area contributed by atoms with Crippen LogP contribution in [0.2, 0.25) is 0 Å². The Morgan fingerprint density at radius 1 is 1.56 bits per heavy atom. The molecule has 2 rings (SSSR count). The fourth-order valence-electron chi connectivity index (χ4n) is 1.58. The average molecular weight is 221 g/mol. The van der Waals surface area contributed by atoms with Gasteiger partial charge in [0, 0.05) is 37.4 Å². The zero-order valence-electron chi connectivity index (χ0n) is 9.86. The summed E-state index contributed by atoms with van der Waals surface area (Å²) in [5.41, 5.74) is 1.13. The SMILES string of the molecule is CC(C)Oc1ncccc1CNC1CNC1. The highest BCUT2D eigenvalue weighted by Gasteiger charge is 2.16. The number of ether oxygens (including phenoxy) is 1. The quantitative estimate of drug-likeness (QED) is 0.776. The van der Waals surface area contributed by atoms with Crippen LogP contribution in [0.5, 0.6) is 5.88 Å². The molecule has 2 N–H and O–H groups in total. The van der Waals surface area contributed by atoms with Gasteiger partial charge in [-0.2, -0.15) is 0 Å². The van der Waals surface area contributed by atoms with E-state index in [1.807, 2.05) is 19.9 Å². The van der Waals surface area contributed by atoms with Crippen LogP contribution in [0.3, 0.4) is 0 Å². The van der Waals surface area contributed by atoms with E-state index in [9.17, 15) is 0 Å². The number of hydrogen-bond acceptors (Lipinski definition) is 4. The summed E-state index contributed by atoms with van der Waals surface area (Å²) in [5, 5.41) is 6.70. The summed E-state index contributed by atoms with van der Waals surface area (Å²) in [6.07, 6.45) is 1.94. The molecule has 0 atom stereocenters. The Kier molecular flexibility index (Phi) is 3.74. The van der Waals surface area contributed by atoms with Crippen LogP contribution in [0, 0.1) is 0 Å². The molecule has 0 amide bonds. The number of aromatic nitrogens is 1. The number of pyridine rings is 1. The molecular weight excluding hydrogens is 202 g/mol. The van der Waals surface area contributed by atoms with Crippen molar-refractivity contribution in [1.82, 2.24) is 15.6 Å². The Balaban J connectivity index is 1.94. The molecule has 0 radical (unpaired) electrons. The number of nitrogens with one attached hydrogen (secondary N) is 2. The molecule has 0 saturated carbocycles. The molecule has 1 aromatic heterocycles. The lowest BCUT2D eigenvalue weighted by molar-refractivity contribution is 0.228. The van der Waals surface area contributed by atoms with Gasteiger partial charge in [-0.3, -0.25) is 0 Å². The highest BCUT2D eigenvalue weighted by Crippen LogP contribution is 2.15. The van der Waals surface area contributed by atoms with E-state index in [-0.39, 0.29) is 6.10 Å². The molecular formula is C12H19N3O. The molecule has 4 heteroatoms. The first-order valence-electron chi connectivity index (χ1n) is 5.80. The van der Waals surface area contributed by atoms with Crippen LogP contribution in [-0.4, -0.2) is 30.2 Å². The zero-order chi connectivity index (χ0) is 11.4. The lowest BCUT2D eigenvalue weighted by atomic mass is 10.1. The monoisotopic (exact) mass is 221 g/mol. The number of nitrogens with zero attached hydrogens (tertiary/aromatic N) is 1. The summed E-state index contributed by atoms with van der Waals surface area (Å²) >= 11 is 0. The molecule has 88 valence electrons. The predicted octanol–water partition coefficient (Wildman–Crippen LogP) is 0.930. The maximum Gasteiger partial charge on any atom is 0.218 e. The summed E-state index contributed by atoms with van der Waals surface area (Å²) in [6, 6.07) is 4.60. The summed E-state index contributed by atoms with van der Waals surface area (Å²) in [4.78, 5) is 4.26. The van der Waals surface area contributed by atoms with Gasteiger partial charge < -0.3 is 15.4 Å². The van der Waals surface area contributed by atoms with E-state index in [4.69, 9.17) is 4.74 Å². The van der Waals surface area contributed by atoms with Crippen LogP contribution >= 0.6 is 0 Å². The van der Waals surface area contributed by atoms with E-state index >= 15 is 0 Å². The Hall–Kier alpha value is -1.13. The molecule has 1 aliphatic rings. The number of hydrogen-bond donors (Lipinski definition) is 2. The molecule has 4 nitrogen and oxygen atoms in total. The second kappa shape index (κ2) is 5.27. The van der Waals surface area contributed by atoms with E-state index in [1.165, 1.54) is 0 Å². The number of rotatable bonds is 5. The lowest BCUT2D eigenvalue weighted by Gasteiger charge is -2.28. The Labute approximate surface area is 96.4 Å². The second-order valence-corrected chi connectivity index (χ2v) is 4.37. The normalized spacial score (nSPS) is 16.2. The fourth-order valence-corrected chi connectivity index (χ4v) is 1.58. The Bertz CT molecular complexity index is 337. The molecule has 1 saturated heterocycles. The van der Waals surface area contributed by atoms with Crippen molar-refractivity contribution in [1.29, 1.82) is 0 Å². The highest BCUT2D eigenvalue weighted by atomic mass is 16.5. The zero-order valence-corrected chi connectivity index (χ0v) is 9.86. The van der Waals surface area contributed by atoms with Gasteiger partial charge >= 0.3 is 0 Å². The summed E-state index contributed by atoms with van der Waals surface area (Å²) in [5.74, 6) is 0.747. The molecule has 0 aliphatic carbocycles. The van der Waals surface area contributed by atoms with Gasteiger partial charge in [-0.05, 0) is 19.9 Å². The van der Waals surface area contributed by atoms with Crippen LogP contribution in [0.1, 0.15) is 19.4 Å². The molecule has 0 unspecified atom stereocenters. The van der Waals surface area contributed by atoms with Crippen LogP contribution in [0.4, 0.5) is 0 Å². The second-order valence-electron chi connectivity index (χ2n) is 4.37. The molecule has 1 fully saturated rings. The first-order valence-corrected chi connectivity index (χ1v) is 5.80. The van der Waals surface area contributed by atoms with E-state index in [0.29, 0.717) is 6.04 Å². The van der Waals surface area contributed by atoms with Gasteiger partial charge in [0.05, 0.1) is 6.10 Å². The van der Waals surface area contributed by atoms with Crippen molar-refractivity contribution in [2.45, 2.75) is 32.5 Å². The van der Waals surface area contributed by atoms with Crippen molar-refractivity contribution >= 4 is 0 Å². The third-order valence-corrected chi connectivity index (χ3v) is 2.56. The van der Waals surface area contributed by atoms with E-state index in [2.05, 4.69) is 21.7 Å². The largest absolute Gasteiger partial charge is 0.475 e. The summed E-state index contributed by atoms with van der Waals surface area (Å²) in [7, 11) is 0. The van der Waals surface area contributed by atoms with Gasteiger partial charge in [-0.25, -0.2) is 4.98 Å². The van der Waals surface area contributed by atoms with E-state index in [0.717, 1.165) is 31.1 Å². The molecule has 16 heavy (non-hydrogen) atoms. The van der Waals surface area contributed by atoms with Crippen molar-refractivity contribution in [3.63, 3.8) is 0 Å². The first-order chi connectivity index (χ1) is 7.75. The molecule has 2 heterocycles. The van der Waals surface area contributed by atoms with Crippen LogP contribution in [0.25, 0.3) is 0 Å². The third kappa shape index (κ3) is 2.93. The maximum absolute atomic E-state index is 5.66. The smallest absolute Gasteiger partial charge is 0.218 e. The molecule has 1 aliphatic heterocycles. The third-order valence-electron chi connectivity index (χ3n) is 2.56. The Morgan fingerprint density at radius 3 is 3.00 bits per heavy atom. The van der Waals surface area contributed by atoms with Gasteiger partial charge in [-0.1, -0.05) is 6.07 Å². The predicted molar refractivity (Wildman–Crippen MR) is 63.5 cm³/mol. The molecule has 0 spiro atoms. The molecule has 0 aromatic carbocycles. The van der Waals surface area contributed by atoms with Crippen molar-refractivity contribution in [3.05, 3.63) is 23.9 Å². The van der Waals surface area contributed by atoms with Crippen LogP contribution < -0.4 is 15.4 Å². The molecule has 0 bridgehead atoms. The maximum atomic E-state index is 5.66. The van der Waals surface area contributed by atoms with Gasteiger partial charge in [0.15, 0.2) is 0 Å².